The van der Waals surface area contributed by atoms with Crippen LogP contribution in [-0.4, -0.2) is 34.0 Å². The number of nitrogens with zero attached hydrogens (tertiary/aromatic N) is 5. The topological polar surface area (TPSA) is 94.3 Å². The number of aromatic nitrogens is 3. The largest absolute Gasteiger partial charge is 0.417 e. The van der Waals surface area contributed by atoms with Gasteiger partial charge in [-0.1, -0.05) is 26.8 Å². The Labute approximate surface area is 140 Å². The summed E-state index contributed by atoms with van der Waals surface area (Å²) in [6.07, 6.45) is 0.704. The van der Waals surface area contributed by atoms with E-state index in [2.05, 4.69) is 15.0 Å². The molecule has 8 nitrogen and oxygen atoms in total. The number of ether oxygens (including phenoxy) is 1. The SMILES string of the molecule is CCc1ccc(Oc2nc(C(C)C)nc(N(C)C)n2)c([N+](=O)[O-])c1. The molecule has 1 heterocycles. The fraction of sp³-hybridized carbons (Fsp3) is 0.438. The number of anilines is 1. The summed E-state index contributed by atoms with van der Waals surface area (Å²) in [5, 5.41) is 11.3. The molecule has 0 N–H and O–H groups in total. The Bertz CT molecular complexity index is 720. The second kappa shape index (κ2) is 7.20. The third-order valence-corrected chi connectivity index (χ3v) is 3.37. The van der Waals surface area contributed by atoms with E-state index >= 15 is 0 Å². The zero-order valence-electron chi connectivity index (χ0n) is 14.5. The van der Waals surface area contributed by atoms with Gasteiger partial charge in [0.2, 0.25) is 11.7 Å². The van der Waals surface area contributed by atoms with Crippen LogP contribution in [0.2, 0.25) is 0 Å². The minimum absolute atomic E-state index is 0.0461. The molecule has 0 saturated carbocycles. The summed E-state index contributed by atoms with van der Waals surface area (Å²) in [5.74, 6) is 1.20. The van der Waals surface area contributed by atoms with Gasteiger partial charge in [-0.05, 0) is 18.1 Å². The minimum Gasteiger partial charge on any atom is -0.417 e. The summed E-state index contributed by atoms with van der Waals surface area (Å²) in [5.41, 5.74) is 0.758. The van der Waals surface area contributed by atoms with Crippen molar-refractivity contribution in [3.8, 4) is 11.8 Å². The third kappa shape index (κ3) is 3.95. The summed E-state index contributed by atoms with van der Waals surface area (Å²) >= 11 is 0. The van der Waals surface area contributed by atoms with Crippen molar-refractivity contribution >= 4 is 11.6 Å². The Kier molecular flexibility index (Phi) is 5.28. The molecular formula is C16H21N5O3. The van der Waals surface area contributed by atoms with Crippen molar-refractivity contribution in [2.45, 2.75) is 33.1 Å². The molecule has 0 aliphatic carbocycles. The maximum absolute atomic E-state index is 11.3. The zero-order valence-corrected chi connectivity index (χ0v) is 14.5. The van der Waals surface area contributed by atoms with Crippen molar-refractivity contribution < 1.29 is 9.66 Å². The fourth-order valence-corrected chi connectivity index (χ4v) is 1.98. The molecule has 0 saturated heterocycles. The molecule has 0 unspecified atom stereocenters. The Morgan fingerprint density at radius 1 is 1.25 bits per heavy atom. The van der Waals surface area contributed by atoms with E-state index in [1.54, 1.807) is 17.0 Å². The molecule has 0 bridgehead atoms. The number of nitro benzene ring substituents is 1. The standard InChI is InChI=1S/C16H21N5O3/c1-6-11-7-8-13(12(9-11)21(22)23)24-16-18-14(10(2)3)17-15(19-16)20(4)5/h7-10H,6H2,1-5H3. The molecule has 0 fully saturated rings. The van der Waals surface area contributed by atoms with E-state index in [-0.39, 0.29) is 23.4 Å². The van der Waals surface area contributed by atoms with Gasteiger partial charge in [0.1, 0.15) is 5.82 Å². The number of rotatable bonds is 6. The van der Waals surface area contributed by atoms with Crippen LogP contribution in [0.15, 0.2) is 18.2 Å². The van der Waals surface area contributed by atoms with E-state index in [1.807, 2.05) is 34.9 Å². The van der Waals surface area contributed by atoms with Crippen LogP contribution in [0.4, 0.5) is 11.6 Å². The van der Waals surface area contributed by atoms with E-state index < -0.39 is 4.92 Å². The first kappa shape index (κ1) is 17.6. The molecule has 1 aromatic carbocycles. The lowest BCUT2D eigenvalue weighted by Gasteiger charge is -2.14. The van der Waals surface area contributed by atoms with Gasteiger partial charge < -0.3 is 9.64 Å². The molecule has 0 aliphatic heterocycles. The highest BCUT2D eigenvalue weighted by atomic mass is 16.6. The monoisotopic (exact) mass is 331 g/mol. The second-order valence-corrected chi connectivity index (χ2v) is 5.84. The summed E-state index contributed by atoms with van der Waals surface area (Å²) in [7, 11) is 3.61. The maximum atomic E-state index is 11.3. The maximum Gasteiger partial charge on any atom is 0.327 e. The highest BCUT2D eigenvalue weighted by molar-refractivity contribution is 5.50. The van der Waals surface area contributed by atoms with Crippen molar-refractivity contribution in [2.75, 3.05) is 19.0 Å². The van der Waals surface area contributed by atoms with Gasteiger partial charge in [-0.15, -0.1) is 0 Å². The zero-order chi connectivity index (χ0) is 17.9. The van der Waals surface area contributed by atoms with E-state index in [0.29, 0.717) is 18.2 Å². The van der Waals surface area contributed by atoms with Crippen LogP contribution >= 0.6 is 0 Å². The molecule has 24 heavy (non-hydrogen) atoms. The second-order valence-electron chi connectivity index (χ2n) is 5.84. The van der Waals surface area contributed by atoms with Crippen molar-refractivity contribution in [1.82, 2.24) is 15.0 Å². The predicted molar refractivity (Wildman–Crippen MR) is 90.8 cm³/mol. The van der Waals surface area contributed by atoms with Crippen LogP contribution in [0.1, 0.15) is 38.1 Å². The molecule has 0 aliphatic rings. The van der Waals surface area contributed by atoms with Crippen LogP contribution in [0.25, 0.3) is 0 Å². The minimum atomic E-state index is -0.466. The lowest BCUT2D eigenvalue weighted by atomic mass is 10.1. The molecule has 0 atom stereocenters. The van der Waals surface area contributed by atoms with Crippen molar-refractivity contribution in [3.05, 3.63) is 39.7 Å². The third-order valence-electron chi connectivity index (χ3n) is 3.37. The summed E-state index contributed by atoms with van der Waals surface area (Å²) < 4.78 is 5.62. The number of hydrogen-bond donors (Lipinski definition) is 0. The smallest absolute Gasteiger partial charge is 0.327 e. The molecule has 0 spiro atoms. The molecule has 1 aromatic heterocycles. The van der Waals surface area contributed by atoms with Gasteiger partial charge in [0.15, 0.2) is 0 Å². The van der Waals surface area contributed by atoms with E-state index in [0.717, 1.165) is 5.56 Å². The van der Waals surface area contributed by atoms with Gasteiger partial charge >= 0.3 is 11.7 Å². The summed E-state index contributed by atoms with van der Waals surface area (Å²) in [6.45, 7) is 5.85. The van der Waals surface area contributed by atoms with Crippen molar-refractivity contribution in [2.24, 2.45) is 0 Å². The van der Waals surface area contributed by atoms with Gasteiger partial charge in [0, 0.05) is 26.1 Å². The van der Waals surface area contributed by atoms with Crippen LogP contribution in [0.5, 0.6) is 11.8 Å². The lowest BCUT2D eigenvalue weighted by Crippen LogP contribution is -2.15. The van der Waals surface area contributed by atoms with Crippen LogP contribution in [-0.2, 0) is 6.42 Å². The molecule has 2 rings (SSSR count). The van der Waals surface area contributed by atoms with Gasteiger partial charge in [-0.3, -0.25) is 10.1 Å². The molecule has 0 amide bonds. The van der Waals surface area contributed by atoms with Gasteiger partial charge in [0.25, 0.3) is 0 Å². The van der Waals surface area contributed by atoms with Gasteiger partial charge in [-0.2, -0.15) is 15.0 Å². The van der Waals surface area contributed by atoms with Gasteiger partial charge in [-0.25, -0.2) is 0 Å². The molecule has 0 radical (unpaired) electrons. The van der Waals surface area contributed by atoms with Crippen molar-refractivity contribution in [1.29, 1.82) is 0 Å². The molecular weight excluding hydrogens is 310 g/mol. The predicted octanol–water partition coefficient (Wildman–Crippen LogP) is 3.32. The average Bonchev–Trinajstić information content (AvgIpc) is 2.54. The number of nitro groups is 1. The van der Waals surface area contributed by atoms with Crippen LogP contribution in [0, 0.1) is 10.1 Å². The first-order valence-electron chi connectivity index (χ1n) is 7.70. The lowest BCUT2D eigenvalue weighted by molar-refractivity contribution is -0.385. The highest BCUT2D eigenvalue weighted by Gasteiger charge is 2.19. The summed E-state index contributed by atoms with van der Waals surface area (Å²) in [4.78, 5) is 25.4. The Hall–Kier alpha value is -2.77. The molecule has 8 heteroatoms. The van der Waals surface area contributed by atoms with Crippen LogP contribution in [0.3, 0.4) is 0 Å². The number of benzene rings is 1. The summed E-state index contributed by atoms with van der Waals surface area (Å²) in [6, 6.07) is 4.92. The molecule has 2 aromatic rings. The number of aryl methyl sites for hydroxylation is 1. The first-order chi connectivity index (χ1) is 11.3. The normalized spacial score (nSPS) is 10.8. The van der Waals surface area contributed by atoms with E-state index in [4.69, 9.17) is 4.74 Å². The molecule has 128 valence electrons. The Morgan fingerprint density at radius 3 is 2.50 bits per heavy atom. The van der Waals surface area contributed by atoms with Crippen molar-refractivity contribution in [3.63, 3.8) is 0 Å². The highest BCUT2D eigenvalue weighted by Crippen LogP contribution is 2.31. The quantitative estimate of drug-likeness (QED) is 0.592. The Morgan fingerprint density at radius 2 is 1.96 bits per heavy atom. The number of hydrogen-bond acceptors (Lipinski definition) is 7. The Balaban J connectivity index is 2.45. The average molecular weight is 331 g/mol. The van der Waals surface area contributed by atoms with E-state index in [9.17, 15) is 10.1 Å². The van der Waals surface area contributed by atoms with Crippen LogP contribution < -0.4 is 9.64 Å². The van der Waals surface area contributed by atoms with Gasteiger partial charge in [0.05, 0.1) is 4.92 Å². The fourth-order valence-electron chi connectivity index (χ4n) is 1.98. The first-order valence-corrected chi connectivity index (χ1v) is 7.70. The van der Waals surface area contributed by atoms with E-state index in [1.165, 1.54) is 6.07 Å².